The molecule has 1 aromatic rings. The minimum atomic E-state index is 0.0869. The summed E-state index contributed by atoms with van der Waals surface area (Å²) in [7, 11) is 0. The Kier molecular flexibility index (Phi) is 6.91. The van der Waals surface area contributed by atoms with E-state index in [1.54, 1.807) is 0 Å². The topological polar surface area (TPSA) is 59.6 Å². The van der Waals surface area contributed by atoms with Gasteiger partial charge >= 0.3 is 0 Å². The number of hydrogen-bond acceptors (Lipinski definition) is 2. The molecule has 0 aromatic heterocycles. The minimum Gasteiger partial charge on any atom is -0.488 e. The first kappa shape index (κ1) is 16.3. The van der Waals surface area contributed by atoms with Crippen LogP contribution in [0.3, 0.4) is 0 Å². The third-order valence-corrected chi connectivity index (χ3v) is 2.98. The number of para-hydroxylation sites is 1. The summed E-state index contributed by atoms with van der Waals surface area (Å²) in [4.78, 5) is 4.28. The van der Waals surface area contributed by atoms with Gasteiger partial charge in [-0.3, -0.25) is 4.99 Å². The van der Waals surface area contributed by atoms with E-state index >= 15 is 0 Å². The quantitative estimate of drug-likeness (QED) is 0.595. The Morgan fingerprint density at radius 1 is 1.35 bits per heavy atom. The largest absolute Gasteiger partial charge is 0.488 e. The van der Waals surface area contributed by atoms with E-state index in [0.717, 1.165) is 24.3 Å². The fourth-order valence-corrected chi connectivity index (χ4v) is 1.69. The maximum atomic E-state index is 6.00. The first-order valence-corrected chi connectivity index (χ1v) is 7.29. The SMILES string of the molecule is CCC(CNC(N)=NCC(C)C)Oc1ccccc1C. The molecule has 0 aliphatic rings. The second-order valence-electron chi connectivity index (χ2n) is 5.41. The van der Waals surface area contributed by atoms with Crippen LogP contribution >= 0.6 is 0 Å². The average Bonchev–Trinajstić information content (AvgIpc) is 2.43. The van der Waals surface area contributed by atoms with Gasteiger partial charge in [0.05, 0.1) is 6.54 Å². The van der Waals surface area contributed by atoms with Crippen molar-refractivity contribution in [3.63, 3.8) is 0 Å². The summed E-state index contributed by atoms with van der Waals surface area (Å²) in [5, 5.41) is 3.13. The van der Waals surface area contributed by atoms with Crippen molar-refractivity contribution < 1.29 is 4.74 Å². The molecule has 0 aliphatic carbocycles. The third-order valence-electron chi connectivity index (χ3n) is 2.98. The van der Waals surface area contributed by atoms with E-state index in [0.29, 0.717) is 18.4 Å². The van der Waals surface area contributed by atoms with Gasteiger partial charge < -0.3 is 15.8 Å². The zero-order valence-corrected chi connectivity index (χ0v) is 13.0. The van der Waals surface area contributed by atoms with Gasteiger partial charge in [-0.2, -0.15) is 0 Å². The van der Waals surface area contributed by atoms with Crippen LogP contribution in [0.4, 0.5) is 0 Å². The van der Waals surface area contributed by atoms with Gasteiger partial charge in [0, 0.05) is 6.54 Å². The van der Waals surface area contributed by atoms with Crippen LogP contribution in [0.2, 0.25) is 0 Å². The second kappa shape index (κ2) is 8.46. The van der Waals surface area contributed by atoms with E-state index in [-0.39, 0.29) is 6.10 Å². The molecule has 0 spiro atoms. The molecule has 4 heteroatoms. The Bertz CT molecular complexity index is 429. The van der Waals surface area contributed by atoms with Crippen molar-refractivity contribution in [2.24, 2.45) is 16.6 Å². The van der Waals surface area contributed by atoms with Gasteiger partial charge in [0.15, 0.2) is 5.96 Å². The maximum Gasteiger partial charge on any atom is 0.188 e. The number of nitrogens with two attached hydrogens (primary N) is 1. The van der Waals surface area contributed by atoms with Gasteiger partial charge in [-0.1, -0.05) is 39.0 Å². The molecule has 1 atom stereocenters. The van der Waals surface area contributed by atoms with E-state index in [1.807, 2.05) is 31.2 Å². The fourth-order valence-electron chi connectivity index (χ4n) is 1.69. The predicted molar refractivity (Wildman–Crippen MR) is 85.2 cm³/mol. The molecule has 3 N–H and O–H groups in total. The van der Waals surface area contributed by atoms with Crippen molar-refractivity contribution in [2.75, 3.05) is 13.1 Å². The van der Waals surface area contributed by atoms with E-state index in [1.165, 1.54) is 0 Å². The predicted octanol–water partition coefficient (Wildman–Crippen LogP) is 2.71. The molecule has 0 fully saturated rings. The molecule has 0 bridgehead atoms. The number of nitrogens with zero attached hydrogens (tertiary/aromatic N) is 1. The standard InChI is InChI=1S/C16H27N3O/c1-5-14(11-19-16(17)18-10-12(2)3)20-15-9-7-6-8-13(15)4/h6-9,12,14H,5,10-11H2,1-4H3,(H3,17,18,19). The number of aliphatic imine (C=N–C) groups is 1. The summed E-state index contributed by atoms with van der Waals surface area (Å²) in [5.74, 6) is 1.94. The second-order valence-corrected chi connectivity index (χ2v) is 5.41. The van der Waals surface area contributed by atoms with Crippen molar-refractivity contribution in [2.45, 2.75) is 40.2 Å². The molecular weight excluding hydrogens is 250 g/mol. The summed E-state index contributed by atoms with van der Waals surface area (Å²) < 4.78 is 6.00. The summed E-state index contributed by atoms with van der Waals surface area (Å²) >= 11 is 0. The highest BCUT2D eigenvalue weighted by Gasteiger charge is 2.09. The van der Waals surface area contributed by atoms with Gasteiger partial charge in [0.25, 0.3) is 0 Å². The lowest BCUT2D eigenvalue weighted by Crippen LogP contribution is -2.39. The molecule has 1 aromatic carbocycles. The van der Waals surface area contributed by atoms with Gasteiger partial charge in [-0.15, -0.1) is 0 Å². The van der Waals surface area contributed by atoms with Crippen molar-refractivity contribution >= 4 is 5.96 Å². The highest BCUT2D eigenvalue weighted by molar-refractivity contribution is 5.77. The van der Waals surface area contributed by atoms with Gasteiger partial charge in [-0.25, -0.2) is 0 Å². The summed E-state index contributed by atoms with van der Waals surface area (Å²) in [6, 6.07) is 8.04. The molecule has 112 valence electrons. The van der Waals surface area contributed by atoms with Crippen LogP contribution in [0.15, 0.2) is 29.3 Å². The smallest absolute Gasteiger partial charge is 0.188 e. The fraction of sp³-hybridized carbons (Fsp3) is 0.562. The van der Waals surface area contributed by atoms with Crippen LogP contribution in [0.5, 0.6) is 5.75 Å². The van der Waals surface area contributed by atoms with Crippen molar-refractivity contribution in [1.29, 1.82) is 0 Å². The summed E-state index contributed by atoms with van der Waals surface area (Å²) in [6.07, 6.45) is 1.00. The van der Waals surface area contributed by atoms with Crippen LogP contribution in [-0.4, -0.2) is 25.2 Å². The van der Waals surface area contributed by atoms with Crippen molar-refractivity contribution in [3.05, 3.63) is 29.8 Å². The zero-order valence-electron chi connectivity index (χ0n) is 13.0. The van der Waals surface area contributed by atoms with Gasteiger partial charge in [0.2, 0.25) is 0 Å². The Labute approximate surface area is 122 Å². The molecule has 0 radical (unpaired) electrons. The van der Waals surface area contributed by atoms with E-state index in [4.69, 9.17) is 10.5 Å². The lowest BCUT2D eigenvalue weighted by Gasteiger charge is -2.19. The van der Waals surface area contributed by atoms with Crippen LogP contribution in [0.1, 0.15) is 32.8 Å². The van der Waals surface area contributed by atoms with E-state index in [9.17, 15) is 0 Å². The monoisotopic (exact) mass is 277 g/mol. The van der Waals surface area contributed by atoms with Crippen LogP contribution in [-0.2, 0) is 0 Å². The van der Waals surface area contributed by atoms with E-state index in [2.05, 4.69) is 31.1 Å². The van der Waals surface area contributed by atoms with Crippen LogP contribution in [0, 0.1) is 12.8 Å². The minimum absolute atomic E-state index is 0.0869. The number of nitrogens with one attached hydrogen (secondary N) is 1. The van der Waals surface area contributed by atoms with Gasteiger partial charge in [-0.05, 0) is 30.9 Å². The summed E-state index contributed by atoms with van der Waals surface area (Å²) in [6.45, 7) is 9.80. The molecular formula is C16H27N3O. The van der Waals surface area contributed by atoms with Crippen molar-refractivity contribution in [3.8, 4) is 5.75 Å². The highest BCUT2D eigenvalue weighted by atomic mass is 16.5. The van der Waals surface area contributed by atoms with Crippen molar-refractivity contribution in [1.82, 2.24) is 5.32 Å². The Hall–Kier alpha value is -1.71. The lowest BCUT2D eigenvalue weighted by molar-refractivity contribution is 0.198. The van der Waals surface area contributed by atoms with Gasteiger partial charge in [0.1, 0.15) is 11.9 Å². The molecule has 0 saturated carbocycles. The van der Waals surface area contributed by atoms with Crippen LogP contribution in [0.25, 0.3) is 0 Å². The van der Waals surface area contributed by atoms with Crippen LogP contribution < -0.4 is 15.8 Å². The molecule has 4 nitrogen and oxygen atoms in total. The molecule has 0 amide bonds. The molecule has 0 heterocycles. The lowest BCUT2D eigenvalue weighted by atomic mass is 10.2. The Morgan fingerprint density at radius 3 is 2.65 bits per heavy atom. The first-order valence-electron chi connectivity index (χ1n) is 7.29. The number of aryl methyl sites for hydroxylation is 1. The Balaban J connectivity index is 2.48. The zero-order chi connectivity index (χ0) is 15.0. The molecule has 1 unspecified atom stereocenters. The Morgan fingerprint density at radius 2 is 2.05 bits per heavy atom. The first-order chi connectivity index (χ1) is 9.52. The summed E-state index contributed by atoms with van der Waals surface area (Å²) in [5.41, 5.74) is 6.98. The number of guanidine groups is 1. The molecule has 0 saturated heterocycles. The maximum absolute atomic E-state index is 6.00. The third kappa shape index (κ3) is 5.95. The number of hydrogen-bond donors (Lipinski definition) is 2. The number of rotatable bonds is 7. The molecule has 0 aliphatic heterocycles. The average molecular weight is 277 g/mol. The molecule has 1 rings (SSSR count). The highest BCUT2D eigenvalue weighted by Crippen LogP contribution is 2.18. The number of ether oxygens (including phenoxy) is 1. The normalized spacial score (nSPS) is 13.3. The number of benzene rings is 1. The van der Waals surface area contributed by atoms with E-state index < -0.39 is 0 Å². The molecule has 20 heavy (non-hydrogen) atoms.